The van der Waals surface area contributed by atoms with Crippen LogP contribution in [-0.4, -0.2) is 47.9 Å². The maximum atomic E-state index is 14.3. The van der Waals surface area contributed by atoms with Gasteiger partial charge in [-0.3, -0.25) is 9.69 Å². The quantitative estimate of drug-likeness (QED) is 0.834. The highest BCUT2D eigenvalue weighted by Crippen LogP contribution is 2.50. The first-order valence-corrected chi connectivity index (χ1v) is 9.99. The van der Waals surface area contributed by atoms with Crippen molar-refractivity contribution in [3.63, 3.8) is 0 Å². The van der Waals surface area contributed by atoms with E-state index in [1.807, 2.05) is 11.0 Å². The Hall–Kier alpha value is -1.42. The molecule has 0 N–H and O–H groups in total. The van der Waals surface area contributed by atoms with Gasteiger partial charge < -0.3 is 4.90 Å². The van der Waals surface area contributed by atoms with Crippen LogP contribution in [0.3, 0.4) is 0 Å². The molecule has 3 nitrogen and oxygen atoms in total. The van der Waals surface area contributed by atoms with Crippen LogP contribution in [0.5, 0.6) is 0 Å². The van der Waals surface area contributed by atoms with Crippen molar-refractivity contribution >= 4 is 5.91 Å². The average molecular weight is 344 g/mol. The minimum Gasteiger partial charge on any atom is -0.341 e. The molecule has 0 bridgehead atoms. The van der Waals surface area contributed by atoms with Crippen molar-refractivity contribution in [3.05, 3.63) is 35.6 Å². The van der Waals surface area contributed by atoms with Crippen molar-refractivity contribution in [2.45, 2.75) is 62.8 Å². The fraction of sp³-hybridized carbons (Fsp3) is 0.667. The van der Waals surface area contributed by atoms with Crippen molar-refractivity contribution in [2.75, 3.05) is 26.2 Å². The van der Waals surface area contributed by atoms with Gasteiger partial charge in [-0.15, -0.1) is 0 Å². The van der Waals surface area contributed by atoms with Gasteiger partial charge in [-0.25, -0.2) is 4.39 Å². The highest BCUT2D eigenvalue weighted by atomic mass is 19.1. The standard InChI is InChI=1S/C21H29FN2O/c22-19-10-5-4-9-18(19)21(11-12-21)20(25)24-14-6-13-23(15-16-24)17-7-2-1-3-8-17/h4-5,9-10,17H,1-3,6-8,11-16H2. The van der Waals surface area contributed by atoms with E-state index in [0.29, 0.717) is 11.6 Å². The van der Waals surface area contributed by atoms with E-state index >= 15 is 0 Å². The van der Waals surface area contributed by atoms with Gasteiger partial charge in [0.25, 0.3) is 0 Å². The van der Waals surface area contributed by atoms with Crippen molar-refractivity contribution < 1.29 is 9.18 Å². The highest BCUT2D eigenvalue weighted by Gasteiger charge is 2.54. The van der Waals surface area contributed by atoms with Crippen molar-refractivity contribution in [2.24, 2.45) is 0 Å². The summed E-state index contributed by atoms with van der Waals surface area (Å²) in [4.78, 5) is 17.8. The van der Waals surface area contributed by atoms with Gasteiger partial charge in [0.1, 0.15) is 5.82 Å². The van der Waals surface area contributed by atoms with E-state index < -0.39 is 5.41 Å². The van der Waals surface area contributed by atoms with E-state index in [1.54, 1.807) is 12.1 Å². The average Bonchev–Trinajstić information content (AvgIpc) is 3.47. The predicted molar refractivity (Wildman–Crippen MR) is 97.0 cm³/mol. The summed E-state index contributed by atoms with van der Waals surface area (Å²) in [6.07, 6.45) is 9.31. The minimum atomic E-state index is -0.578. The molecule has 1 aliphatic heterocycles. The van der Waals surface area contributed by atoms with Gasteiger partial charge in [0.2, 0.25) is 5.91 Å². The fourth-order valence-corrected chi connectivity index (χ4v) is 4.83. The number of rotatable bonds is 3. The fourth-order valence-electron chi connectivity index (χ4n) is 4.83. The van der Waals surface area contributed by atoms with Gasteiger partial charge in [-0.2, -0.15) is 0 Å². The predicted octanol–water partition coefficient (Wildman–Crippen LogP) is 3.72. The summed E-state index contributed by atoms with van der Waals surface area (Å²) in [6.45, 7) is 3.69. The number of hydrogen-bond acceptors (Lipinski definition) is 2. The van der Waals surface area contributed by atoms with E-state index in [1.165, 1.54) is 38.2 Å². The smallest absolute Gasteiger partial charge is 0.233 e. The highest BCUT2D eigenvalue weighted by molar-refractivity contribution is 5.91. The van der Waals surface area contributed by atoms with Crippen LogP contribution in [0.25, 0.3) is 0 Å². The van der Waals surface area contributed by atoms with Crippen LogP contribution in [0, 0.1) is 5.82 Å². The molecule has 2 aliphatic carbocycles. The molecule has 3 fully saturated rings. The number of carbonyl (C=O) groups is 1. The van der Waals surface area contributed by atoms with Gasteiger partial charge in [0.05, 0.1) is 5.41 Å². The number of benzene rings is 1. The molecule has 0 radical (unpaired) electrons. The molecule has 0 atom stereocenters. The van der Waals surface area contributed by atoms with Crippen LogP contribution in [-0.2, 0) is 10.2 Å². The summed E-state index contributed by atoms with van der Waals surface area (Å²) in [6, 6.07) is 7.54. The molecule has 4 rings (SSSR count). The van der Waals surface area contributed by atoms with Crippen LogP contribution in [0.15, 0.2) is 24.3 Å². The van der Waals surface area contributed by atoms with Gasteiger partial charge in [0, 0.05) is 37.8 Å². The number of hydrogen-bond donors (Lipinski definition) is 0. The van der Waals surface area contributed by atoms with Crippen LogP contribution < -0.4 is 0 Å². The normalized spacial score (nSPS) is 24.8. The second-order valence-corrected chi connectivity index (χ2v) is 8.04. The minimum absolute atomic E-state index is 0.156. The third-order valence-corrected chi connectivity index (χ3v) is 6.46. The van der Waals surface area contributed by atoms with E-state index in [4.69, 9.17) is 0 Å². The Morgan fingerprint density at radius 1 is 0.960 bits per heavy atom. The third-order valence-electron chi connectivity index (χ3n) is 6.46. The SMILES string of the molecule is O=C(N1CCCN(C2CCCCC2)CC1)C1(c2ccccc2F)CC1. The molecular formula is C21H29FN2O. The first kappa shape index (κ1) is 17.0. The molecule has 4 heteroatoms. The molecule has 0 unspecified atom stereocenters. The zero-order chi connectivity index (χ0) is 17.3. The van der Waals surface area contributed by atoms with Crippen LogP contribution >= 0.6 is 0 Å². The first-order chi connectivity index (χ1) is 12.2. The van der Waals surface area contributed by atoms with Gasteiger partial charge in [0.15, 0.2) is 0 Å². The van der Waals surface area contributed by atoms with Crippen molar-refractivity contribution in [1.82, 2.24) is 9.80 Å². The second kappa shape index (κ2) is 7.06. The largest absolute Gasteiger partial charge is 0.341 e. The van der Waals surface area contributed by atoms with Gasteiger partial charge in [-0.05, 0) is 38.2 Å². The Bertz CT molecular complexity index is 622. The monoisotopic (exact) mass is 344 g/mol. The summed E-state index contributed by atoms with van der Waals surface area (Å²) < 4.78 is 14.3. The van der Waals surface area contributed by atoms with E-state index in [-0.39, 0.29) is 11.7 Å². The summed E-state index contributed by atoms with van der Waals surface area (Å²) in [5, 5.41) is 0. The molecule has 1 heterocycles. The van der Waals surface area contributed by atoms with E-state index in [2.05, 4.69) is 4.90 Å². The lowest BCUT2D eigenvalue weighted by Crippen LogP contribution is -2.43. The zero-order valence-electron chi connectivity index (χ0n) is 15.1. The van der Waals surface area contributed by atoms with Crippen LogP contribution in [0.2, 0.25) is 0 Å². The van der Waals surface area contributed by atoms with E-state index in [0.717, 1.165) is 45.4 Å². The molecule has 1 amide bonds. The molecule has 1 aromatic rings. The Morgan fingerprint density at radius 2 is 1.72 bits per heavy atom. The Labute approximate surface area is 150 Å². The summed E-state index contributed by atoms with van der Waals surface area (Å²) >= 11 is 0. The lowest BCUT2D eigenvalue weighted by atomic mass is 9.93. The molecule has 2 saturated carbocycles. The lowest BCUT2D eigenvalue weighted by Gasteiger charge is -2.33. The Balaban J connectivity index is 1.44. The molecule has 1 aromatic carbocycles. The number of amides is 1. The lowest BCUT2D eigenvalue weighted by molar-refractivity contribution is -0.134. The van der Waals surface area contributed by atoms with E-state index in [9.17, 15) is 9.18 Å². The Morgan fingerprint density at radius 3 is 2.44 bits per heavy atom. The number of halogens is 1. The molecule has 0 spiro atoms. The molecule has 1 saturated heterocycles. The topological polar surface area (TPSA) is 23.6 Å². The molecule has 3 aliphatic rings. The van der Waals surface area contributed by atoms with Crippen LogP contribution in [0.1, 0.15) is 56.9 Å². The van der Waals surface area contributed by atoms with Crippen molar-refractivity contribution in [1.29, 1.82) is 0 Å². The maximum absolute atomic E-state index is 14.3. The van der Waals surface area contributed by atoms with Crippen LogP contribution in [0.4, 0.5) is 4.39 Å². The molecule has 136 valence electrons. The Kier molecular flexibility index (Phi) is 4.81. The number of nitrogens with zero attached hydrogens (tertiary/aromatic N) is 2. The van der Waals surface area contributed by atoms with Gasteiger partial charge >= 0.3 is 0 Å². The summed E-state index contributed by atoms with van der Waals surface area (Å²) in [5.74, 6) is -0.0740. The second-order valence-electron chi connectivity index (χ2n) is 8.04. The van der Waals surface area contributed by atoms with Gasteiger partial charge in [-0.1, -0.05) is 37.5 Å². The summed E-state index contributed by atoms with van der Waals surface area (Å²) in [7, 11) is 0. The maximum Gasteiger partial charge on any atom is 0.233 e. The molecular weight excluding hydrogens is 315 g/mol. The zero-order valence-corrected chi connectivity index (χ0v) is 15.1. The van der Waals surface area contributed by atoms with Crippen molar-refractivity contribution in [3.8, 4) is 0 Å². The number of carbonyl (C=O) groups excluding carboxylic acids is 1. The molecule has 25 heavy (non-hydrogen) atoms. The first-order valence-electron chi connectivity index (χ1n) is 9.99. The summed E-state index contributed by atoms with van der Waals surface area (Å²) in [5.41, 5.74) is 0.0270. The third kappa shape index (κ3) is 3.33. The molecule has 0 aromatic heterocycles.